The summed E-state index contributed by atoms with van der Waals surface area (Å²) in [5, 5.41) is 2.83. The first-order chi connectivity index (χ1) is 47.4. The molecule has 0 saturated heterocycles. The van der Waals surface area contributed by atoms with Gasteiger partial charge in [-0.1, -0.05) is 97.1 Å². The van der Waals surface area contributed by atoms with Gasteiger partial charge in [0, 0.05) is 68.1 Å². The maximum Gasteiger partial charge on any atom is 0.164 e. The van der Waals surface area contributed by atoms with Crippen molar-refractivity contribution >= 4 is 44.1 Å². The molecule has 0 unspecified atom stereocenters. The normalized spacial score (nSPS) is 11.3. The van der Waals surface area contributed by atoms with Crippen molar-refractivity contribution in [1.82, 2.24) is 39.9 Å². The maximum atomic E-state index is 6.62. The molecular weight excluding hydrogens is 1200 g/mol. The van der Waals surface area contributed by atoms with Crippen LogP contribution in [0.15, 0.2) is 291 Å². The van der Waals surface area contributed by atoms with Crippen molar-refractivity contribution in [3.05, 3.63) is 291 Å². The van der Waals surface area contributed by atoms with Gasteiger partial charge in [0.1, 0.15) is 115 Å². The quantitative estimate of drug-likeness (QED) is 0.0932. The van der Waals surface area contributed by atoms with Crippen molar-refractivity contribution in [2.45, 2.75) is 0 Å². The largest absolute Gasteiger partial charge is 0.457 e. The molecule has 0 aliphatic carbocycles. The minimum absolute atomic E-state index is 0.350. The van der Waals surface area contributed by atoms with E-state index in [-0.39, 0.29) is 0 Å². The second kappa shape index (κ2) is 24.6. The fourth-order valence-electron chi connectivity index (χ4n) is 11.4. The molecule has 15 aromatic rings. The third-order valence-corrected chi connectivity index (χ3v) is 15.8. The zero-order chi connectivity index (χ0) is 63.7. The van der Waals surface area contributed by atoms with Gasteiger partial charge in [0.15, 0.2) is 23.3 Å². The standard InChI is InChI=1S/C80H50N8O8/c1-5-17-49(18-6-1)89-53-25-13-29-57(41-53)93-61-33-37-65-69(45-61)77-82-73(65)81-74-66-38-34-63(95-59-31-15-27-55(43-59)91-51-21-9-3-10-22-51)47-71(66)79(83-74)88-80-72-48-64(96-60-32-16-28-56(44-60)92-52-23-11-4-12-24-52)36-40-68(72)76(87-80)86-78-70-46-62(35-39-67(70)75(84-77)85-78)94-58-30-14-26-54(42-58)90-50-19-7-2-8-20-50/h1-48H,(H2,81,82,83,84,85,86,87,88). The molecular formula is C80H50N8O8. The van der Waals surface area contributed by atoms with Gasteiger partial charge in [0.25, 0.3) is 0 Å². The van der Waals surface area contributed by atoms with E-state index in [4.69, 9.17) is 67.8 Å². The molecule has 96 heavy (non-hydrogen) atoms. The third kappa shape index (κ3) is 11.9. The second-order valence-electron chi connectivity index (χ2n) is 22.4. The molecule has 458 valence electrons. The van der Waals surface area contributed by atoms with E-state index in [0.717, 1.165) is 10.8 Å². The highest BCUT2D eigenvalue weighted by molar-refractivity contribution is 6.07. The minimum atomic E-state index is 0.350. The van der Waals surface area contributed by atoms with Crippen LogP contribution in [-0.2, 0) is 0 Å². The lowest BCUT2D eigenvalue weighted by molar-refractivity contribution is 0.460. The SMILES string of the molecule is c1ccc(Oc2cccc(Oc3ccc4c(c3)-c3nc-4nc4[nH]c(nc5nc(nc6[nH]c(n3)c3ccc(Oc7cccc(Oc8ccccc8)c7)cc63)-c3cc(Oc6cccc(Oc7ccccc7)c6)ccc3-5)c3ccc(Oc5cccc(Oc6ccccc6)c5)cc43)c2)cc1. The molecule has 12 aromatic carbocycles. The summed E-state index contributed by atoms with van der Waals surface area (Å²) in [6, 6.07) is 91.4. The van der Waals surface area contributed by atoms with Crippen LogP contribution in [0.1, 0.15) is 0 Å². The molecule has 16 nitrogen and oxygen atoms in total. The number of hydrogen-bond acceptors (Lipinski definition) is 14. The first-order valence-corrected chi connectivity index (χ1v) is 30.8. The Bertz CT molecular complexity index is 5640. The topological polar surface area (TPSA) is 183 Å². The van der Waals surface area contributed by atoms with Crippen molar-refractivity contribution in [3.63, 3.8) is 0 Å². The van der Waals surface area contributed by atoms with Crippen molar-refractivity contribution < 1.29 is 37.9 Å². The van der Waals surface area contributed by atoms with Crippen LogP contribution in [0.25, 0.3) is 89.7 Å². The maximum absolute atomic E-state index is 6.62. The zero-order valence-electron chi connectivity index (χ0n) is 50.7. The number of rotatable bonds is 16. The van der Waals surface area contributed by atoms with Gasteiger partial charge in [-0.05, 0) is 170 Å². The van der Waals surface area contributed by atoms with E-state index in [1.54, 1.807) is 0 Å². The number of nitrogens with one attached hydrogen (secondary N) is 2. The van der Waals surface area contributed by atoms with Crippen LogP contribution >= 0.6 is 0 Å². The zero-order valence-corrected chi connectivity index (χ0v) is 50.7. The molecule has 3 aromatic heterocycles. The molecule has 0 saturated carbocycles. The Hall–Kier alpha value is -13.6. The van der Waals surface area contributed by atoms with Gasteiger partial charge in [-0.25, -0.2) is 29.9 Å². The Labute approximate surface area is 547 Å². The van der Waals surface area contributed by atoms with E-state index in [2.05, 4.69) is 9.97 Å². The summed E-state index contributed by atoms with van der Waals surface area (Å²) < 4.78 is 51.2. The van der Waals surface area contributed by atoms with Crippen molar-refractivity contribution in [2.75, 3.05) is 0 Å². The number of H-pyrrole nitrogens is 2. The number of nitrogens with zero attached hydrogens (tertiary/aromatic N) is 6. The molecule has 2 aliphatic rings. The van der Waals surface area contributed by atoms with E-state index in [1.165, 1.54) is 0 Å². The van der Waals surface area contributed by atoms with Crippen LogP contribution in [0.4, 0.5) is 0 Å². The monoisotopic (exact) mass is 1250 g/mol. The van der Waals surface area contributed by atoms with E-state index in [9.17, 15) is 0 Å². The predicted octanol–water partition coefficient (Wildman–Crippen LogP) is 21.2. The molecule has 2 N–H and O–H groups in total. The number of hydrogen-bond donors (Lipinski definition) is 2. The molecule has 2 aliphatic heterocycles. The number of aromatic nitrogens is 8. The number of benzene rings is 12. The van der Waals surface area contributed by atoms with Gasteiger partial charge in [-0.2, -0.15) is 0 Å². The molecule has 8 bridgehead atoms. The highest BCUT2D eigenvalue weighted by atomic mass is 16.5. The predicted molar refractivity (Wildman–Crippen MR) is 368 cm³/mol. The molecule has 0 atom stereocenters. The lowest BCUT2D eigenvalue weighted by Crippen LogP contribution is -1.89. The fourth-order valence-corrected chi connectivity index (χ4v) is 11.4. The van der Waals surface area contributed by atoms with Crippen molar-refractivity contribution in [1.29, 1.82) is 0 Å². The highest BCUT2D eigenvalue weighted by Gasteiger charge is 2.25. The van der Waals surface area contributed by atoms with Crippen molar-refractivity contribution in [3.8, 4) is 138 Å². The average Bonchev–Trinajstić information content (AvgIpc) is 1.60. The molecule has 0 fully saturated rings. The number of ether oxygens (including phenoxy) is 8. The molecule has 0 spiro atoms. The Kier molecular flexibility index (Phi) is 14.4. The number of aromatic amines is 2. The summed E-state index contributed by atoms with van der Waals surface area (Å²) in [7, 11) is 0. The summed E-state index contributed by atoms with van der Waals surface area (Å²) in [5.74, 6) is 11.1. The second-order valence-corrected chi connectivity index (χ2v) is 22.4. The molecule has 17 rings (SSSR count). The van der Waals surface area contributed by atoms with Crippen LogP contribution in [0, 0.1) is 0 Å². The number of fused-ring (bicyclic) bond motifs is 20. The Morgan fingerprint density at radius 3 is 0.698 bits per heavy atom. The van der Waals surface area contributed by atoms with Gasteiger partial charge in [0.05, 0.1) is 0 Å². The van der Waals surface area contributed by atoms with Crippen LogP contribution < -0.4 is 37.9 Å². The highest BCUT2D eigenvalue weighted by Crippen LogP contribution is 2.43. The number of para-hydroxylation sites is 4. The summed E-state index contributed by atoms with van der Waals surface area (Å²) in [5.41, 5.74) is 4.54. The lowest BCUT2D eigenvalue weighted by atomic mass is 10.1. The molecule has 0 amide bonds. The Morgan fingerprint density at radius 1 is 0.167 bits per heavy atom. The minimum Gasteiger partial charge on any atom is -0.457 e. The first-order valence-electron chi connectivity index (χ1n) is 30.8. The average molecular weight is 1250 g/mol. The third-order valence-electron chi connectivity index (χ3n) is 15.8. The first kappa shape index (κ1) is 56.4. The van der Waals surface area contributed by atoms with E-state index < -0.39 is 0 Å². The fraction of sp³-hybridized carbons (Fsp3) is 0. The summed E-state index contributed by atoms with van der Waals surface area (Å²) in [6.45, 7) is 0. The lowest BCUT2D eigenvalue weighted by Gasteiger charge is -2.10. The van der Waals surface area contributed by atoms with E-state index in [1.807, 2.05) is 291 Å². The molecule has 5 heterocycles. The summed E-state index contributed by atoms with van der Waals surface area (Å²) in [4.78, 5) is 39.2. The summed E-state index contributed by atoms with van der Waals surface area (Å²) >= 11 is 0. The van der Waals surface area contributed by atoms with Gasteiger partial charge >= 0.3 is 0 Å². The summed E-state index contributed by atoms with van der Waals surface area (Å²) in [6.07, 6.45) is 0. The van der Waals surface area contributed by atoms with E-state index in [0.29, 0.717) is 171 Å². The van der Waals surface area contributed by atoms with Gasteiger partial charge in [-0.3, -0.25) is 0 Å². The van der Waals surface area contributed by atoms with Crippen LogP contribution in [0.2, 0.25) is 0 Å². The van der Waals surface area contributed by atoms with Crippen LogP contribution in [-0.4, -0.2) is 39.9 Å². The molecule has 16 heteroatoms. The van der Waals surface area contributed by atoms with E-state index >= 15 is 0 Å². The van der Waals surface area contributed by atoms with Gasteiger partial charge < -0.3 is 47.9 Å². The molecule has 0 radical (unpaired) electrons. The Balaban J connectivity index is 0.834. The van der Waals surface area contributed by atoms with Crippen molar-refractivity contribution in [2.24, 2.45) is 0 Å². The Morgan fingerprint density at radius 2 is 0.396 bits per heavy atom. The smallest absolute Gasteiger partial charge is 0.164 e. The van der Waals surface area contributed by atoms with Crippen LogP contribution in [0.3, 0.4) is 0 Å². The van der Waals surface area contributed by atoms with Crippen LogP contribution in [0.5, 0.6) is 92.0 Å². The van der Waals surface area contributed by atoms with Gasteiger partial charge in [-0.15, -0.1) is 0 Å². The van der Waals surface area contributed by atoms with Gasteiger partial charge in [0.2, 0.25) is 0 Å².